The average Bonchev–Trinajstić information content (AvgIpc) is 2.55. The van der Waals surface area contributed by atoms with Gasteiger partial charge in [0.2, 0.25) is 6.20 Å². The zero-order chi connectivity index (χ0) is 16.1. The molecule has 0 saturated carbocycles. The van der Waals surface area contributed by atoms with Gasteiger partial charge in [-0.05, 0) is 29.3 Å². The smallest absolute Gasteiger partial charge is 0.222 e. The van der Waals surface area contributed by atoms with Crippen molar-refractivity contribution in [3.05, 3.63) is 100.0 Å². The zero-order valence-electron chi connectivity index (χ0n) is 12.5. The number of aromatic nitrogens is 1. The van der Waals surface area contributed by atoms with E-state index in [1.165, 1.54) is 6.20 Å². The lowest BCUT2D eigenvalue weighted by molar-refractivity contribution is -0.606. The molecule has 1 aromatic heterocycles. The second kappa shape index (κ2) is 7.16. The highest BCUT2D eigenvalue weighted by Gasteiger charge is 2.06. The van der Waals surface area contributed by atoms with Gasteiger partial charge in [0, 0.05) is 17.0 Å². The summed E-state index contributed by atoms with van der Waals surface area (Å²) in [4.78, 5) is 0. The Morgan fingerprint density at radius 1 is 0.870 bits per heavy atom. The lowest BCUT2D eigenvalue weighted by atomic mass is 10.1. The Hall–Kier alpha value is -2.52. The number of pyridine rings is 1. The molecule has 0 amide bonds. The van der Waals surface area contributed by atoms with E-state index >= 15 is 0 Å². The minimum Gasteiger partial charge on any atom is -0.619 e. The van der Waals surface area contributed by atoms with Crippen LogP contribution in [0.25, 0.3) is 0 Å². The Balaban J connectivity index is 1.71. The van der Waals surface area contributed by atoms with Crippen LogP contribution in [0.15, 0.2) is 73.1 Å². The van der Waals surface area contributed by atoms with Gasteiger partial charge in [-0.1, -0.05) is 54.1 Å². The average molecular weight is 326 g/mol. The topological polar surface area (TPSA) is 36.2 Å². The maximum absolute atomic E-state index is 11.8. The Bertz CT molecular complexity index is 773. The molecule has 2 aromatic carbocycles. The Labute approximate surface area is 140 Å². The first-order valence-electron chi connectivity index (χ1n) is 7.33. The summed E-state index contributed by atoms with van der Waals surface area (Å²) in [5.41, 5.74) is 3.07. The van der Waals surface area contributed by atoms with Gasteiger partial charge < -0.3 is 9.94 Å². The van der Waals surface area contributed by atoms with Crippen LogP contribution in [-0.2, 0) is 13.0 Å². The largest absolute Gasteiger partial charge is 0.619 e. The summed E-state index contributed by atoms with van der Waals surface area (Å²) < 4.78 is 6.51. The van der Waals surface area contributed by atoms with Gasteiger partial charge in [0.15, 0.2) is 11.9 Å². The van der Waals surface area contributed by atoms with Gasteiger partial charge in [0.05, 0.1) is 0 Å². The lowest BCUT2D eigenvalue weighted by Crippen LogP contribution is -2.25. The maximum atomic E-state index is 11.8. The van der Waals surface area contributed by atoms with Crippen LogP contribution in [0.1, 0.15) is 16.7 Å². The summed E-state index contributed by atoms with van der Waals surface area (Å²) in [6.07, 6.45) is 3.70. The summed E-state index contributed by atoms with van der Waals surface area (Å²) in [5.74, 6) is 0.559. The molecule has 0 N–H and O–H groups in total. The summed E-state index contributed by atoms with van der Waals surface area (Å²) in [6.45, 7) is 0.395. The first kappa shape index (κ1) is 15.4. The van der Waals surface area contributed by atoms with Crippen molar-refractivity contribution in [3.8, 4) is 5.75 Å². The van der Waals surface area contributed by atoms with Crippen molar-refractivity contribution in [2.24, 2.45) is 0 Å². The Morgan fingerprint density at radius 3 is 2.35 bits per heavy atom. The predicted molar refractivity (Wildman–Crippen MR) is 90.4 cm³/mol. The van der Waals surface area contributed by atoms with Crippen molar-refractivity contribution < 1.29 is 9.47 Å². The van der Waals surface area contributed by atoms with E-state index in [0.29, 0.717) is 23.8 Å². The van der Waals surface area contributed by atoms with Crippen LogP contribution < -0.4 is 9.47 Å². The van der Waals surface area contributed by atoms with E-state index in [4.69, 9.17) is 16.3 Å². The third-order valence-electron chi connectivity index (χ3n) is 3.45. The molecule has 3 aromatic rings. The molecule has 0 aliphatic heterocycles. The second-order valence-electron chi connectivity index (χ2n) is 5.32. The van der Waals surface area contributed by atoms with Crippen LogP contribution in [0.4, 0.5) is 0 Å². The fraction of sp³-hybridized carbons (Fsp3) is 0.105. The maximum Gasteiger partial charge on any atom is 0.222 e. The quantitative estimate of drug-likeness (QED) is 0.522. The van der Waals surface area contributed by atoms with Crippen LogP contribution in [0.2, 0.25) is 5.02 Å². The van der Waals surface area contributed by atoms with E-state index < -0.39 is 0 Å². The van der Waals surface area contributed by atoms with E-state index in [1.807, 2.05) is 60.7 Å². The van der Waals surface area contributed by atoms with Gasteiger partial charge in [0.25, 0.3) is 0 Å². The van der Waals surface area contributed by atoms with Crippen molar-refractivity contribution in [3.63, 3.8) is 0 Å². The molecule has 0 aliphatic carbocycles. The van der Waals surface area contributed by atoms with Crippen molar-refractivity contribution in [2.75, 3.05) is 0 Å². The van der Waals surface area contributed by atoms with Crippen LogP contribution in [-0.4, -0.2) is 0 Å². The number of rotatable bonds is 5. The Kier molecular flexibility index (Phi) is 4.79. The number of hydrogen-bond donors (Lipinski definition) is 0. The first-order chi connectivity index (χ1) is 11.2. The molecule has 0 atom stereocenters. The highest BCUT2D eigenvalue weighted by atomic mass is 35.5. The van der Waals surface area contributed by atoms with Crippen molar-refractivity contribution >= 4 is 11.6 Å². The first-order valence-corrected chi connectivity index (χ1v) is 7.71. The van der Waals surface area contributed by atoms with Crippen LogP contribution >= 0.6 is 11.6 Å². The van der Waals surface area contributed by atoms with Crippen LogP contribution in [0.5, 0.6) is 5.75 Å². The third-order valence-corrected chi connectivity index (χ3v) is 3.70. The second-order valence-corrected chi connectivity index (χ2v) is 5.75. The molecule has 3 nitrogen and oxygen atoms in total. The minimum atomic E-state index is 0.395. The van der Waals surface area contributed by atoms with Gasteiger partial charge >= 0.3 is 0 Å². The van der Waals surface area contributed by atoms with Crippen LogP contribution in [0, 0.1) is 5.21 Å². The number of hydrogen-bond acceptors (Lipinski definition) is 2. The molecule has 0 fully saturated rings. The molecule has 0 saturated heterocycles. The van der Waals surface area contributed by atoms with Crippen LogP contribution in [0.3, 0.4) is 0 Å². The zero-order valence-corrected chi connectivity index (χ0v) is 13.2. The van der Waals surface area contributed by atoms with Crippen molar-refractivity contribution in [1.29, 1.82) is 0 Å². The molecule has 1 heterocycles. The molecule has 0 spiro atoms. The fourth-order valence-electron chi connectivity index (χ4n) is 2.34. The van der Waals surface area contributed by atoms with Gasteiger partial charge in [-0.2, -0.15) is 4.73 Å². The van der Waals surface area contributed by atoms with Crippen molar-refractivity contribution in [2.45, 2.75) is 13.0 Å². The number of nitrogens with zero attached hydrogens (tertiary/aromatic N) is 1. The number of halogens is 1. The predicted octanol–water partition coefficient (Wildman–Crippen LogP) is 4.14. The molecule has 4 heteroatoms. The highest BCUT2D eigenvalue weighted by Crippen LogP contribution is 2.16. The number of benzene rings is 2. The van der Waals surface area contributed by atoms with E-state index in [2.05, 4.69) is 0 Å². The Morgan fingerprint density at radius 2 is 1.61 bits per heavy atom. The summed E-state index contributed by atoms with van der Waals surface area (Å²) in [6, 6.07) is 19.4. The molecular formula is C19H16ClNO2. The minimum absolute atomic E-state index is 0.395. The molecule has 0 aliphatic rings. The molecule has 23 heavy (non-hydrogen) atoms. The molecule has 3 rings (SSSR count). The van der Waals surface area contributed by atoms with Gasteiger partial charge in [0.1, 0.15) is 6.61 Å². The third kappa shape index (κ3) is 4.47. The summed E-state index contributed by atoms with van der Waals surface area (Å²) in [7, 11) is 0. The van der Waals surface area contributed by atoms with Gasteiger partial charge in [-0.15, -0.1) is 0 Å². The van der Waals surface area contributed by atoms with Gasteiger partial charge in [-0.3, -0.25) is 0 Å². The molecule has 0 unspecified atom stereocenters. The standard InChI is InChI=1S/C19H16ClNO2/c20-18-8-6-16(7-9-18)14-23-19-11-17(12-21(22)13-19)10-15-4-2-1-3-5-15/h1-9,11-13H,10,14H2. The SMILES string of the molecule is [O-][n+]1cc(Cc2ccccc2)cc(OCc2ccc(Cl)cc2)c1. The lowest BCUT2D eigenvalue weighted by Gasteiger charge is -2.08. The normalized spacial score (nSPS) is 10.5. The highest BCUT2D eigenvalue weighted by molar-refractivity contribution is 6.30. The summed E-state index contributed by atoms with van der Waals surface area (Å²) >= 11 is 5.86. The molecular weight excluding hydrogens is 310 g/mol. The van der Waals surface area contributed by atoms with E-state index in [1.54, 1.807) is 6.20 Å². The molecule has 0 bridgehead atoms. The number of ether oxygens (including phenoxy) is 1. The molecule has 0 radical (unpaired) electrons. The fourth-order valence-corrected chi connectivity index (χ4v) is 2.46. The van der Waals surface area contributed by atoms with Gasteiger partial charge in [-0.25, -0.2) is 0 Å². The van der Waals surface area contributed by atoms with E-state index in [-0.39, 0.29) is 0 Å². The van der Waals surface area contributed by atoms with E-state index in [0.717, 1.165) is 21.4 Å². The monoisotopic (exact) mass is 325 g/mol. The summed E-state index contributed by atoms with van der Waals surface area (Å²) in [5, 5.41) is 12.5. The molecule has 116 valence electrons. The van der Waals surface area contributed by atoms with E-state index in [9.17, 15) is 5.21 Å². The van der Waals surface area contributed by atoms with Crippen molar-refractivity contribution in [1.82, 2.24) is 0 Å².